The molecule has 6 heteroatoms. The van der Waals surface area contributed by atoms with Crippen molar-refractivity contribution in [3.05, 3.63) is 66.2 Å². The third kappa shape index (κ3) is 4.79. The minimum absolute atomic E-state index is 0.421. The van der Waals surface area contributed by atoms with Gasteiger partial charge in [-0.1, -0.05) is 30.3 Å². The van der Waals surface area contributed by atoms with Gasteiger partial charge in [-0.3, -0.25) is 0 Å². The van der Waals surface area contributed by atoms with Crippen molar-refractivity contribution in [2.75, 3.05) is 18.5 Å². The van der Waals surface area contributed by atoms with Crippen molar-refractivity contribution in [3.63, 3.8) is 0 Å². The highest BCUT2D eigenvalue weighted by molar-refractivity contribution is 6.03. The summed E-state index contributed by atoms with van der Waals surface area (Å²) in [7, 11) is 0. The molecule has 0 atom stereocenters. The van der Waals surface area contributed by atoms with E-state index < -0.39 is 6.03 Å². The number of amides is 2. The molecule has 0 fully saturated rings. The van der Waals surface area contributed by atoms with E-state index in [4.69, 9.17) is 9.47 Å². The lowest BCUT2D eigenvalue weighted by atomic mass is 10.0. The number of nitrogens with zero attached hydrogens (tertiary/aromatic N) is 1. The molecule has 0 unspecified atom stereocenters. The molecule has 0 heterocycles. The molecule has 3 aromatic rings. The number of benzene rings is 3. The predicted octanol–water partition coefficient (Wildman–Crippen LogP) is 4.79. The summed E-state index contributed by atoms with van der Waals surface area (Å²) in [5, 5.41) is 8.78. The molecule has 3 rings (SSSR count). The number of anilines is 1. The number of hydrazone groups is 1. The predicted molar refractivity (Wildman–Crippen MR) is 112 cm³/mol. The highest BCUT2D eigenvalue weighted by Crippen LogP contribution is 2.30. The molecule has 0 saturated carbocycles. The van der Waals surface area contributed by atoms with E-state index in [0.29, 0.717) is 24.7 Å². The lowest BCUT2D eigenvalue weighted by Gasteiger charge is -2.12. The summed E-state index contributed by atoms with van der Waals surface area (Å²) in [5.41, 5.74) is 3.96. The van der Waals surface area contributed by atoms with Crippen LogP contribution in [0.25, 0.3) is 10.8 Å². The number of carbonyl (C=O) groups is 1. The van der Waals surface area contributed by atoms with Gasteiger partial charge in [0.1, 0.15) is 11.5 Å². The summed E-state index contributed by atoms with van der Waals surface area (Å²) < 4.78 is 11.4. The molecule has 0 bridgehead atoms. The maximum atomic E-state index is 12.0. The van der Waals surface area contributed by atoms with E-state index in [9.17, 15) is 4.79 Å². The van der Waals surface area contributed by atoms with E-state index in [1.807, 2.05) is 62.4 Å². The van der Waals surface area contributed by atoms with Gasteiger partial charge in [-0.15, -0.1) is 0 Å². The zero-order valence-electron chi connectivity index (χ0n) is 15.9. The van der Waals surface area contributed by atoms with E-state index in [2.05, 4.69) is 15.8 Å². The van der Waals surface area contributed by atoms with Crippen LogP contribution in [0, 0.1) is 0 Å². The van der Waals surface area contributed by atoms with Crippen molar-refractivity contribution in [3.8, 4) is 11.5 Å². The second-order valence-electron chi connectivity index (χ2n) is 5.92. The van der Waals surface area contributed by atoms with Crippen molar-refractivity contribution in [1.29, 1.82) is 0 Å². The summed E-state index contributed by atoms with van der Waals surface area (Å²) in [6.45, 7) is 4.98. The van der Waals surface area contributed by atoms with Crippen LogP contribution in [-0.4, -0.2) is 25.5 Å². The quantitative estimate of drug-likeness (QED) is 0.459. The van der Waals surface area contributed by atoms with Gasteiger partial charge in [0.25, 0.3) is 0 Å². The lowest BCUT2D eigenvalue weighted by molar-refractivity contribution is 0.252. The zero-order valence-corrected chi connectivity index (χ0v) is 15.9. The Morgan fingerprint density at radius 3 is 2.50 bits per heavy atom. The SMILES string of the molecule is CCOc1ccc2ccc(OCC)c(/C=N\NC(=O)Nc3ccccc3)c2c1. The van der Waals surface area contributed by atoms with Gasteiger partial charge in [0.05, 0.1) is 19.4 Å². The van der Waals surface area contributed by atoms with E-state index in [1.165, 1.54) is 0 Å². The Labute approximate surface area is 164 Å². The topological polar surface area (TPSA) is 72.0 Å². The van der Waals surface area contributed by atoms with Gasteiger partial charge in [-0.25, -0.2) is 10.2 Å². The van der Waals surface area contributed by atoms with Crippen LogP contribution < -0.4 is 20.2 Å². The van der Waals surface area contributed by atoms with Gasteiger partial charge in [-0.2, -0.15) is 5.10 Å². The summed E-state index contributed by atoms with van der Waals surface area (Å²) in [4.78, 5) is 12.0. The lowest BCUT2D eigenvalue weighted by Crippen LogP contribution is -2.24. The third-order valence-corrected chi connectivity index (χ3v) is 4.00. The number of hydrogen-bond donors (Lipinski definition) is 2. The van der Waals surface area contributed by atoms with Gasteiger partial charge in [0.15, 0.2) is 0 Å². The molecule has 0 aromatic heterocycles. The van der Waals surface area contributed by atoms with E-state index in [1.54, 1.807) is 18.3 Å². The van der Waals surface area contributed by atoms with Gasteiger partial charge < -0.3 is 14.8 Å². The molecule has 6 nitrogen and oxygen atoms in total. The minimum atomic E-state index is -0.421. The van der Waals surface area contributed by atoms with Crippen LogP contribution in [0.3, 0.4) is 0 Å². The van der Waals surface area contributed by atoms with Crippen LogP contribution >= 0.6 is 0 Å². The van der Waals surface area contributed by atoms with Crippen molar-refractivity contribution >= 4 is 28.7 Å². The first kappa shape index (κ1) is 19.2. The summed E-state index contributed by atoms with van der Waals surface area (Å²) in [5.74, 6) is 1.46. The van der Waals surface area contributed by atoms with Crippen LogP contribution in [0.5, 0.6) is 11.5 Å². The van der Waals surface area contributed by atoms with Gasteiger partial charge in [-0.05, 0) is 55.0 Å². The average molecular weight is 377 g/mol. The van der Waals surface area contributed by atoms with Crippen molar-refractivity contribution < 1.29 is 14.3 Å². The molecule has 0 aliphatic rings. The zero-order chi connectivity index (χ0) is 19.8. The Hall–Kier alpha value is -3.54. The summed E-state index contributed by atoms with van der Waals surface area (Å²) in [6, 6.07) is 18.5. The molecule has 0 saturated heterocycles. The molecular weight excluding hydrogens is 354 g/mol. The number of nitrogens with one attached hydrogen (secondary N) is 2. The van der Waals surface area contributed by atoms with Crippen molar-refractivity contribution in [2.24, 2.45) is 5.10 Å². The van der Waals surface area contributed by atoms with Crippen molar-refractivity contribution in [2.45, 2.75) is 13.8 Å². The van der Waals surface area contributed by atoms with Crippen LogP contribution in [0.15, 0.2) is 65.8 Å². The summed E-state index contributed by atoms with van der Waals surface area (Å²) >= 11 is 0. The maximum Gasteiger partial charge on any atom is 0.339 e. The first-order valence-corrected chi connectivity index (χ1v) is 9.18. The van der Waals surface area contributed by atoms with E-state index in [0.717, 1.165) is 22.1 Å². The van der Waals surface area contributed by atoms with Gasteiger partial charge >= 0.3 is 6.03 Å². The third-order valence-electron chi connectivity index (χ3n) is 4.00. The fourth-order valence-electron chi connectivity index (χ4n) is 2.81. The second kappa shape index (κ2) is 9.41. The van der Waals surface area contributed by atoms with E-state index >= 15 is 0 Å². The monoisotopic (exact) mass is 377 g/mol. The average Bonchev–Trinajstić information content (AvgIpc) is 2.70. The molecule has 3 aromatic carbocycles. The summed E-state index contributed by atoms with van der Waals surface area (Å²) in [6.07, 6.45) is 1.59. The first-order chi connectivity index (χ1) is 13.7. The number of rotatable bonds is 7. The highest BCUT2D eigenvalue weighted by atomic mass is 16.5. The molecule has 144 valence electrons. The Kier molecular flexibility index (Phi) is 6.46. The largest absolute Gasteiger partial charge is 0.494 e. The van der Waals surface area contributed by atoms with Crippen LogP contribution in [0.2, 0.25) is 0 Å². The van der Waals surface area contributed by atoms with Crippen LogP contribution in [0.4, 0.5) is 10.5 Å². The standard InChI is InChI=1S/C22H23N3O3/c1-3-27-18-12-10-16-11-13-21(28-4-2)20(19(16)14-18)15-23-25-22(26)24-17-8-6-5-7-9-17/h5-15H,3-4H2,1-2H3,(H2,24,25,26)/b23-15-. The Morgan fingerprint density at radius 1 is 1.00 bits per heavy atom. The Morgan fingerprint density at radius 2 is 1.75 bits per heavy atom. The molecule has 2 amide bonds. The van der Waals surface area contributed by atoms with Gasteiger partial charge in [0.2, 0.25) is 0 Å². The van der Waals surface area contributed by atoms with Gasteiger partial charge in [0, 0.05) is 11.3 Å². The molecule has 0 spiro atoms. The normalized spacial score (nSPS) is 10.8. The fourth-order valence-corrected chi connectivity index (χ4v) is 2.81. The highest BCUT2D eigenvalue weighted by Gasteiger charge is 2.09. The number of urea groups is 1. The molecule has 0 aliphatic carbocycles. The van der Waals surface area contributed by atoms with Crippen LogP contribution in [-0.2, 0) is 0 Å². The van der Waals surface area contributed by atoms with Crippen LogP contribution in [0.1, 0.15) is 19.4 Å². The Balaban J connectivity index is 1.84. The minimum Gasteiger partial charge on any atom is -0.494 e. The smallest absolute Gasteiger partial charge is 0.339 e. The molecular formula is C22H23N3O3. The molecule has 0 aliphatic heterocycles. The maximum absolute atomic E-state index is 12.0. The molecule has 28 heavy (non-hydrogen) atoms. The first-order valence-electron chi connectivity index (χ1n) is 9.18. The molecule has 2 N–H and O–H groups in total. The number of para-hydroxylation sites is 1. The number of ether oxygens (including phenoxy) is 2. The number of hydrogen-bond acceptors (Lipinski definition) is 4. The number of fused-ring (bicyclic) bond motifs is 1. The Bertz CT molecular complexity index is 966. The molecule has 0 radical (unpaired) electrons. The van der Waals surface area contributed by atoms with Crippen molar-refractivity contribution in [1.82, 2.24) is 5.43 Å². The second-order valence-corrected chi connectivity index (χ2v) is 5.92. The number of carbonyl (C=O) groups excluding carboxylic acids is 1. The van der Waals surface area contributed by atoms with E-state index in [-0.39, 0.29) is 0 Å². The fraction of sp³-hybridized carbons (Fsp3) is 0.182.